The smallest absolute Gasteiger partial charge is 0.244 e. The van der Waals surface area contributed by atoms with Gasteiger partial charge in [0, 0.05) is 32.7 Å². The van der Waals surface area contributed by atoms with Crippen molar-refractivity contribution in [1.82, 2.24) is 9.21 Å². The first-order chi connectivity index (χ1) is 16.8. The van der Waals surface area contributed by atoms with E-state index in [1.165, 1.54) is 16.4 Å². The molecule has 5 nitrogen and oxygen atoms in total. The monoisotopic (exact) mass is 540 g/mol. The first-order valence-corrected chi connectivity index (χ1v) is 13.2. The maximum atomic E-state index is 13.9. The fraction of sp³-hybridized carbons (Fsp3) is 0.280. The van der Waals surface area contributed by atoms with Gasteiger partial charge in [0.1, 0.15) is 11.0 Å². The van der Waals surface area contributed by atoms with E-state index in [1.807, 2.05) is 30.3 Å². The normalized spacial score (nSPS) is 16.3. The molecule has 186 valence electrons. The van der Waals surface area contributed by atoms with Gasteiger partial charge in [-0.25, -0.2) is 17.2 Å². The molecule has 3 aromatic carbocycles. The Morgan fingerprint density at radius 2 is 1.57 bits per heavy atom. The number of benzene rings is 3. The standard InChI is InChI=1S/C25H24Cl2F2N2O3S/c26-20-7-4-8-23(24(20)27)35(32,33)31-13-11-30(12-14-31)15-16-34-25(18-5-2-1-3-6-18)19-9-10-21(28)22(29)17-19/h1-10,17,25H,11-16H2/t25-/m1/s1. The second kappa shape index (κ2) is 11.3. The first kappa shape index (κ1) is 26.0. The van der Waals surface area contributed by atoms with E-state index >= 15 is 0 Å². The number of nitrogens with zero attached hydrogens (tertiary/aromatic N) is 2. The average molecular weight is 541 g/mol. The summed E-state index contributed by atoms with van der Waals surface area (Å²) in [5.41, 5.74) is 1.34. The van der Waals surface area contributed by atoms with Gasteiger partial charge in [-0.1, -0.05) is 65.7 Å². The molecule has 0 spiro atoms. The Balaban J connectivity index is 1.37. The van der Waals surface area contributed by atoms with Crippen LogP contribution in [-0.2, 0) is 14.8 Å². The highest BCUT2D eigenvalue weighted by Gasteiger charge is 2.30. The molecule has 0 saturated carbocycles. The Kier molecular flexibility index (Phi) is 8.42. The molecule has 3 aromatic rings. The van der Waals surface area contributed by atoms with Gasteiger partial charge in [-0.3, -0.25) is 4.90 Å². The molecule has 0 aromatic heterocycles. The van der Waals surface area contributed by atoms with Crippen molar-refractivity contribution in [3.8, 4) is 0 Å². The van der Waals surface area contributed by atoms with Crippen molar-refractivity contribution in [3.05, 3.63) is 99.5 Å². The van der Waals surface area contributed by atoms with Gasteiger partial charge in [-0.2, -0.15) is 4.31 Å². The zero-order valence-electron chi connectivity index (χ0n) is 18.7. The summed E-state index contributed by atoms with van der Waals surface area (Å²) in [7, 11) is -3.76. The third-order valence-electron chi connectivity index (χ3n) is 5.91. The SMILES string of the molecule is O=S(=O)(c1cccc(Cl)c1Cl)N1CCN(CCO[C@H](c2ccccc2)c2ccc(F)c(F)c2)CC1. The van der Waals surface area contributed by atoms with Crippen LogP contribution < -0.4 is 0 Å². The molecule has 1 saturated heterocycles. The van der Waals surface area contributed by atoms with Crippen molar-refractivity contribution in [2.24, 2.45) is 0 Å². The van der Waals surface area contributed by atoms with Gasteiger partial charge >= 0.3 is 0 Å². The third kappa shape index (κ3) is 6.02. The minimum absolute atomic E-state index is 0.000632. The predicted octanol–water partition coefficient (Wildman–Crippen LogP) is 5.38. The van der Waals surface area contributed by atoms with Crippen molar-refractivity contribution in [1.29, 1.82) is 0 Å². The van der Waals surface area contributed by atoms with Crippen LogP contribution in [0.5, 0.6) is 0 Å². The highest BCUT2D eigenvalue weighted by atomic mass is 35.5. The lowest BCUT2D eigenvalue weighted by atomic mass is 10.0. The van der Waals surface area contributed by atoms with E-state index in [0.29, 0.717) is 44.9 Å². The van der Waals surface area contributed by atoms with E-state index in [4.69, 9.17) is 27.9 Å². The lowest BCUT2D eigenvalue weighted by Gasteiger charge is -2.34. The van der Waals surface area contributed by atoms with Crippen molar-refractivity contribution >= 4 is 33.2 Å². The molecule has 1 fully saturated rings. The van der Waals surface area contributed by atoms with E-state index < -0.39 is 27.8 Å². The summed E-state index contributed by atoms with van der Waals surface area (Å²) >= 11 is 12.1. The number of halogens is 4. The molecule has 0 unspecified atom stereocenters. The van der Waals surface area contributed by atoms with Gasteiger partial charge in [0.05, 0.1) is 16.7 Å². The molecule has 0 N–H and O–H groups in total. The zero-order valence-corrected chi connectivity index (χ0v) is 21.0. The Hall–Kier alpha value is -2.07. The van der Waals surface area contributed by atoms with Crippen LogP contribution in [0, 0.1) is 11.6 Å². The van der Waals surface area contributed by atoms with Gasteiger partial charge in [-0.05, 0) is 35.4 Å². The van der Waals surface area contributed by atoms with Gasteiger partial charge in [0.25, 0.3) is 0 Å². The molecular weight excluding hydrogens is 517 g/mol. The molecule has 0 radical (unpaired) electrons. The largest absolute Gasteiger partial charge is 0.367 e. The van der Waals surface area contributed by atoms with Crippen LogP contribution in [0.25, 0.3) is 0 Å². The third-order valence-corrected chi connectivity index (χ3v) is 8.78. The summed E-state index contributed by atoms with van der Waals surface area (Å²) in [5.74, 6) is -1.84. The Morgan fingerprint density at radius 3 is 2.26 bits per heavy atom. The van der Waals surface area contributed by atoms with E-state index in [2.05, 4.69) is 4.90 Å². The minimum Gasteiger partial charge on any atom is -0.367 e. The van der Waals surface area contributed by atoms with Crippen LogP contribution in [0.2, 0.25) is 10.0 Å². The number of ether oxygens (including phenoxy) is 1. The van der Waals surface area contributed by atoms with Crippen LogP contribution >= 0.6 is 23.2 Å². The van der Waals surface area contributed by atoms with E-state index in [-0.39, 0.29) is 14.9 Å². The zero-order chi connectivity index (χ0) is 25.0. The Bertz CT molecular complexity index is 1270. The number of hydrogen-bond donors (Lipinski definition) is 0. The summed E-state index contributed by atoms with van der Waals surface area (Å²) < 4.78 is 60.8. The van der Waals surface area contributed by atoms with Crippen LogP contribution in [0.1, 0.15) is 17.2 Å². The molecule has 0 amide bonds. The highest BCUT2D eigenvalue weighted by molar-refractivity contribution is 7.89. The molecule has 1 heterocycles. The molecule has 1 aliphatic rings. The number of hydrogen-bond acceptors (Lipinski definition) is 4. The van der Waals surface area contributed by atoms with Crippen molar-refractivity contribution in [2.45, 2.75) is 11.0 Å². The minimum atomic E-state index is -3.76. The maximum absolute atomic E-state index is 13.9. The number of piperazine rings is 1. The number of sulfonamides is 1. The quantitative estimate of drug-likeness (QED) is 0.384. The molecule has 35 heavy (non-hydrogen) atoms. The lowest BCUT2D eigenvalue weighted by molar-refractivity contribution is 0.0525. The van der Waals surface area contributed by atoms with Crippen molar-refractivity contribution in [3.63, 3.8) is 0 Å². The molecule has 4 rings (SSSR count). The Morgan fingerprint density at radius 1 is 0.857 bits per heavy atom. The summed E-state index contributed by atoms with van der Waals surface area (Å²) in [4.78, 5) is 2.10. The van der Waals surface area contributed by atoms with Crippen LogP contribution in [-0.4, -0.2) is 57.0 Å². The van der Waals surface area contributed by atoms with Crippen LogP contribution in [0.3, 0.4) is 0 Å². The maximum Gasteiger partial charge on any atom is 0.244 e. The summed E-state index contributed by atoms with van der Waals surface area (Å²) in [5, 5.41) is 0.215. The molecule has 0 aliphatic carbocycles. The predicted molar refractivity (Wildman–Crippen MR) is 132 cm³/mol. The van der Waals surface area contributed by atoms with E-state index in [0.717, 1.165) is 17.7 Å². The fourth-order valence-corrected chi connectivity index (χ4v) is 6.16. The Labute approximate surface area is 213 Å². The van der Waals surface area contributed by atoms with Crippen molar-refractivity contribution < 1.29 is 21.9 Å². The number of rotatable bonds is 8. The molecule has 1 aliphatic heterocycles. The molecule has 0 bridgehead atoms. The fourth-order valence-electron chi connectivity index (χ4n) is 4.00. The van der Waals surface area contributed by atoms with E-state index in [1.54, 1.807) is 12.1 Å². The first-order valence-electron chi connectivity index (χ1n) is 11.1. The molecular formula is C25H24Cl2F2N2O3S. The molecule has 1 atom stereocenters. The summed E-state index contributed by atoms with van der Waals surface area (Å²) in [6, 6.07) is 17.6. The van der Waals surface area contributed by atoms with Crippen molar-refractivity contribution in [2.75, 3.05) is 39.3 Å². The van der Waals surface area contributed by atoms with Gasteiger partial charge in [0.2, 0.25) is 10.0 Å². The van der Waals surface area contributed by atoms with E-state index in [9.17, 15) is 17.2 Å². The van der Waals surface area contributed by atoms with Gasteiger partial charge in [0.15, 0.2) is 11.6 Å². The average Bonchev–Trinajstić information content (AvgIpc) is 2.86. The van der Waals surface area contributed by atoms with Gasteiger partial charge in [-0.15, -0.1) is 0 Å². The molecule has 10 heteroatoms. The topological polar surface area (TPSA) is 49.9 Å². The van der Waals surface area contributed by atoms with Crippen LogP contribution in [0.15, 0.2) is 71.6 Å². The second-order valence-corrected chi connectivity index (χ2v) is 10.8. The summed E-state index contributed by atoms with van der Waals surface area (Å²) in [6.45, 7) is 2.51. The highest BCUT2D eigenvalue weighted by Crippen LogP contribution is 2.31. The van der Waals surface area contributed by atoms with Gasteiger partial charge < -0.3 is 4.74 Å². The summed E-state index contributed by atoms with van der Waals surface area (Å²) in [6.07, 6.45) is -0.557. The lowest BCUT2D eigenvalue weighted by Crippen LogP contribution is -2.49. The van der Waals surface area contributed by atoms with Crippen LogP contribution in [0.4, 0.5) is 8.78 Å². The second-order valence-electron chi connectivity index (χ2n) is 8.13.